The summed E-state index contributed by atoms with van der Waals surface area (Å²) >= 11 is 0. The van der Waals surface area contributed by atoms with Crippen LogP contribution in [0.2, 0.25) is 0 Å². The fourth-order valence-corrected chi connectivity index (χ4v) is 7.59. The molecule has 0 spiro atoms. The SMILES string of the molecule is CCCCCC=CCC=CCCCCCCCC(=O)OC[C@@H](COC(=O)CCCCCCCC=CCCCCCC)OC(=O)CCCCCCCCCCCCCCCCC. The van der Waals surface area contributed by atoms with Crippen molar-refractivity contribution in [1.82, 2.24) is 0 Å². The molecular formula is C55H100O6. The third-order valence-corrected chi connectivity index (χ3v) is 11.6. The van der Waals surface area contributed by atoms with Gasteiger partial charge in [-0.1, -0.05) is 218 Å². The molecule has 1 atom stereocenters. The summed E-state index contributed by atoms with van der Waals surface area (Å²) in [5.41, 5.74) is 0. The predicted molar refractivity (Wildman–Crippen MR) is 261 cm³/mol. The third-order valence-electron chi connectivity index (χ3n) is 11.6. The highest BCUT2D eigenvalue weighted by atomic mass is 16.6. The van der Waals surface area contributed by atoms with Crippen LogP contribution in [0.1, 0.15) is 278 Å². The van der Waals surface area contributed by atoms with Gasteiger partial charge in [0.25, 0.3) is 0 Å². The highest BCUT2D eigenvalue weighted by Crippen LogP contribution is 2.15. The van der Waals surface area contributed by atoms with E-state index in [-0.39, 0.29) is 31.1 Å². The van der Waals surface area contributed by atoms with Gasteiger partial charge in [0.05, 0.1) is 0 Å². The number of carbonyl (C=O) groups is 3. The molecule has 6 nitrogen and oxygen atoms in total. The van der Waals surface area contributed by atoms with E-state index in [4.69, 9.17) is 14.2 Å². The molecule has 0 saturated carbocycles. The molecule has 0 radical (unpaired) electrons. The van der Waals surface area contributed by atoms with Crippen LogP contribution in [0, 0.1) is 0 Å². The van der Waals surface area contributed by atoms with E-state index in [2.05, 4.69) is 57.2 Å². The lowest BCUT2D eigenvalue weighted by Crippen LogP contribution is -2.30. The zero-order valence-electron chi connectivity index (χ0n) is 40.7. The number of esters is 3. The van der Waals surface area contributed by atoms with Crippen molar-refractivity contribution in [2.24, 2.45) is 0 Å². The fourth-order valence-electron chi connectivity index (χ4n) is 7.59. The van der Waals surface area contributed by atoms with E-state index in [0.717, 1.165) is 83.5 Å². The average molecular weight is 857 g/mol. The van der Waals surface area contributed by atoms with E-state index >= 15 is 0 Å². The van der Waals surface area contributed by atoms with Gasteiger partial charge < -0.3 is 14.2 Å². The van der Waals surface area contributed by atoms with E-state index in [9.17, 15) is 14.4 Å². The average Bonchev–Trinajstić information content (AvgIpc) is 3.26. The van der Waals surface area contributed by atoms with Crippen molar-refractivity contribution in [2.75, 3.05) is 13.2 Å². The Morgan fingerprint density at radius 1 is 0.328 bits per heavy atom. The molecule has 6 heteroatoms. The largest absolute Gasteiger partial charge is 0.462 e. The van der Waals surface area contributed by atoms with Gasteiger partial charge in [-0.05, 0) is 77.0 Å². The van der Waals surface area contributed by atoms with Gasteiger partial charge in [0.1, 0.15) is 13.2 Å². The normalized spacial score (nSPS) is 12.2. The summed E-state index contributed by atoms with van der Waals surface area (Å²) in [6.45, 7) is 6.60. The van der Waals surface area contributed by atoms with E-state index in [1.54, 1.807) is 0 Å². The number of hydrogen-bond acceptors (Lipinski definition) is 6. The van der Waals surface area contributed by atoms with Crippen LogP contribution in [-0.4, -0.2) is 37.2 Å². The van der Waals surface area contributed by atoms with Gasteiger partial charge in [-0.25, -0.2) is 0 Å². The fraction of sp³-hybridized carbons (Fsp3) is 0.836. The first-order chi connectivity index (χ1) is 30.0. The van der Waals surface area contributed by atoms with Gasteiger partial charge in [-0.15, -0.1) is 0 Å². The minimum absolute atomic E-state index is 0.0782. The van der Waals surface area contributed by atoms with Crippen LogP contribution in [0.5, 0.6) is 0 Å². The van der Waals surface area contributed by atoms with Crippen molar-refractivity contribution < 1.29 is 28.6 Å². The quantitative estimate of drug-likeness (QED) is 0.0262. The molecule has 356 valence electrons. The van der Waals surface area contributed by atoms with Crippen molar-refractivity contribution >= 4 is 17.9 Å². The maximum Gasteiger partial charge on any atom is 0.306 e. The first-order valence-electron chi connectivity index (χ1n) is 26.5. The predicted octanol–water partition coefficient (Wildman–Crippen LogP) is 17.3. The van der Waals surface area contributed by atoms with E-state index in [1.807, 2.05) is 0 Å². The molecule has 0 aliphatic heterocycles. The molecule has 0 rings (SSSR count). The number of unbranched alkanes of at least 4 members (excludes halogenated alkanes) is 31. The summed E-state index contributed by atoms with van der Waals surface area (Å²) in [4.78, 5) is 38.0. The monoisotopic (exact) mass is 857 g/mol. The smallest absolute Gasteiger partial charge is 0.306 e. The van der Waals surface area contributed by atoms with Gasteiger partial charge in [-0.3, -0.25) is 14.4 Å². The summed E-state index contributed by atoms with van der Waals surface area (Å²) in [5.74, 6) is -0.888. The summed E-state index contributed by atoms with van der Waals surface area (Å²) < 4.78 is 16.8. The minimum atomic E-state index is -0.777. The van der Waals surface area contributed by atoms with Crippen LogP contribution in [-0.2, 0) is 28.6 Å². The molecule has 0 aliphatic rings. The Morgan fingerprint density at radius 3 is 0.967 bits per heavy atom. The number of ether oxygens (including phenoxy) is 3. The second-order valence-electron chi connectivity index (χ2n) is 17.8. The lowest BCUT2D eigenvalue weighted by Gasteiger charge is -2.18. The molecule has 0 aromatic carbocycles. The number of hydrogen-bond donors (Lipinski definition) is 0. The number of carbonyl (C=O) groups excluding carboxylic acids is 3. The number of rotatable bonds is 48. The lowest BCUT2D eigenvalue weighted by molar-refractivity contribution is -0.167. The van der Waals surface area contributed by atoms with Gasteiger partial charge in [-0.2, -0.15) is 0 Å². The molecule has 0 unspecified atom stereocenters. The Labute approximate surface area is 378 Å². The van der Waals surface area contributed by atoms with E-state index in [1.165, 1.54) is 154 Å². The summed E-state index contributed by atoms with van der Waals surface area (Å²) in [6, 6.07) is 0. The highest BCUT2D eigenvalue weighted by molar-refractivity contribution is 5.71. The van der Waals surface area contributed by atoms with Crippen LogP contribution in [0.15, 0.2) is 36.5 Å². The third kappa shape index (κ3) is 48.5. The Morgan fingerprint density at radius 2 is 0.590 bits per heavy atom. The Balaban J connectivity index is 4.38. The van der Waals surface area contributed by atoms with Crippen LogP contribution in [0.3, 0.4) is 0 Å². The molecule has 61 heavy (non-hydrogen) atoms. The van der Waals surface area contributed by atoms with Gasteiger partial charge in [0.15, 0.2) is 6.10 Å². The molecule has 0 heterocycles. The highest BCUT2D eigenvalue weighted by Gasteiger charge is 2.19. The van der Waals surface area contributed by atoms with Crippen molar-refractivity contribution in [2.45, 2.75) is 284 Å². The zero-order valence-corrected chi connectivity index (χ0v) is 40.7. The number of allylic oxidation sites excluding steroid dienone is 6. The van der Waals surface area contributed by atoms with Gasteiger partial charge in [0, 0.05) is 19.3 Å². The van der Waals surface area contributed by atoms with Crippen molar-refractivity contribution in [3.63, 3.8) is 0 Å². The summed E-state index contributed by atoms with van der Waals surface area (Å²) in [6.07, 6.45) is 58.3. The first-order valence-corrected chi connectivity index (χ1v) is 26.5. The molecule has 0 bridgehead atoms. The Hall–Kier alpha value is -2.37. The van der Waals surface area contributed by atoms with Crippen LogP contribution >= 0.6 is 0 Å². The molecule has 0 amide bonds. The summed E-state index contributed by atoms with van der Waals surface area (Å²) in [7, 11) is 0. The molecule has 0 saturated heterocycles. The lowest BCUT2D eigenvalue weighted by atomic mass is 10.0. The molecule has 0 aliphatic carbocycles. The summed E-state index contributed by atoms with van der Waals surface area (Å²) in [5, 5.41) is 0. The molecular weight excluding hydrogens is 757 g/mol. The standard InChI is InChI=1S/C55H100O6/c1-4-7-10-13-16-19-22-25-27-30-33-36-39-42-45-48-54(57)60-51-52(50-59-53(56)47-44-41-38-35-32-29-24-21-18-15-12-9-6-3)61-55(58)49-46-43-40-37-34-31-28-26-23-20-17-14-11-8-5-2/h16,19,21,24-25,27,52H,4-15,17-18,20,22-23,26,28-51H2,1-3H3/t52-/m1/s1. The molecule has 0 N–H and O–H groups in total. The zero-order chi connectivity index (χ0) is 44.4. The van der Waals surface area contributed by atoms with Crippen LogP contribution < -0.4 is 0 Å². The molecule has 0 aromatic rings. The minimum Gasteiger partial charge on any atom is -0.462 e. The van der Waals surface area contributed by atoms with Crippen LogP contribution in [0.25, 0.3) is 0 Å². The maximum absolute atomic E-state index is 12.8. The van der Waals surface area contributed by atoms with E-state index in [0.29, 0.717) is 19.3 Å². The van der Waals surface area contributed by atoms with E-state index < -0.39 is 6.10 Å². The first kappa shape index (κ1) is 58.6. The van der Waals surface area contributed by atoms with Gasteiger partial charge >= 0.3 is 17.9 Å². The van der Waals surface area contributed by atoms with Crippen molar-refractivity contribution in [1.29, 1.82) is 0 Å². The molecule has 0 aromatic heterocycles. The van der Waals surface area contributed by atoms with Crippen molar-refractivity contribution in [3.05, 3.63) is 36.5 Å². The Kier molecular flexibility index (Phi) is 48.3. The molecule has 0 fully saturated rings. The van der Waals surface area contributed by atoms with Crippen LogP contribution in [0.4, 0.5) is 0 Å². The van der Waals surface area contributed by atoms with Crippen molar-refractivity contribution in [3.8, 4) is 0 Å². The topological polar surface area (TPSA) is 78.9 Å². The Bertz CT molecular complexity index is 1030. The second kappa shape index (κ2) is 50.3. The van der Waals surface area contributed by atoms with Gasteiger partial charge in [0.2, 0.25) is 0 Å². The second-order valence-corrected chi connectivity index (χ2v) is 17.8. The maximum atomic E-state index is 12.8.